The lowest BCUT2D eigenvalue weighted by atomic mass is 10.00. The fourth-order valence-corrected chi connectivity index (χ4v) is 3.00. The van der Waals surface area contributed by atoms with Crippen molar-refractivity contribution >= 4 is 5.69 Å². The summed E-state index contributed by atoms with van der Waals surface area (Å²) in [6.07, 6.45) is 6.43. The summed E-state index contributed by atoms with van der Waals surface area (Å²) < 4.78 is 0. The number of hydrogen-bond acceptors (Lipinski definition) is 2. The van der Waals surface area contributed by atoms with Crippen molar-refractivity contribution in [1.29, 1.82) is 0 Å². The Morgan fingerprint density at radius 1 is 1.11 bits per heavy atom. The number of benzene rings is 1. The van der Waals surface area contributed by atoms with Gasteiger partial charge in [0.1, 0.15) is 0 Å². The SMILES string of the molecule is CCCNC(CC)c1ccccc1N1CCCCC1. The molecule has 1 aromatic rings. The zero-order chi connectivity index (χ0) is 13.5. The van der Waals surface area contributed by atoms with E-state index in [1.807, 2.05) is 0 Å². The Balaban J connectivity index is 2.18. The molecule has 1 aromatic carbocycles. The van der Waals surface area contributed by atoms with Crippen LogP contribution in [-0.4, -0.2) is 19.6 Å². The van der Waals surface area contributed by atoms with Gasteiger partial charge in [-0.1, -0.05) is 32.0 Å². The highest BCUT2D eigenvalue weighted by Crippen LogP contribution is 2.30. The van der Waals surface area contributed by atoms with Crippen LogP contribution in [0.5, 0.6) is 0 Å². The third-order valence-electron chi connectivity index (χ3n) is 4.06. The number of rotatable bonds is 6. The van der Waals surface area contributed by atoms with Crippen LogP contribution in [0, 0.1) is 0 Å². The summed E-state index contributed by atoms with van der Waals surface area (Å²) in [5.74, 6) is 0. The van der Waals surface area contributed by atoms with Crippen molar-refractivity contribution in [1.82, 2.24) is 5.32 Å². The van der Waals surface area contributed by atoms with Crippen LogP contribution in [-0.2, 0) is 0 Å². The highest BCUT2D eigenvalue weighted by molar-refractivity contribution is 5.55. The number of hydrogen-bond donors (Lipinski definition) is 1. The molecule has 1 heterocycles. The molecule has 0 aromatic heterocycles. The first kappa shape index (κ1) is 14.4. The molecule has 19 heavy (non-hydrogen) atoms. The third-order valence-corrected chi connectivity index (χ3v) is 4.06. The van der Waals surface area contributed by atoms with E-state index < -0.39 is 0 Å². The van der Waals surface area contributed by atoms with Crippen LogP contribution >= 0.6 is 0 Å². The van der Waals surface area contributed by atoms with Crippen LogP contribution in [0.15, 0.2) is 24.3 Å². The Bertz CT molecular complexity index is 369. The fraction of sp³-hybridized carbons (Fsp3) is 0.647. The lowest BCUT2D eigenvalue weighted by Gasteiger charge is -2.32. The first-order chi connectivity index (χ1) is 9.36. The molecule has 0 amide bonds. The van der Waals surface area contributed by atoms with E-state index in [1.165, 1.54) is 50.0 Å². The van der Waals surface area contributed by atoms with Gasteiger partial charge in [0.25, 0.3) is 0 Å². The molecular weight excluding hydrogens is 232 g/mol. The number of para-hydroxylation sites is 1. The van der Waals surface area contributed by atoms with Crippen LogP contribution in [0.3, 0.4) is 0 Å². The van der Waals surface area contributed by atoms with Crippen LogP contribution in [0.25, 0.3) is 0 Å². The molecule has 0 saturated carbocycles. The standard InChI is InChI=1S/C17H28N2/c1-3-12-18-16(4-2)15-10-6-7-11-17(15)19-13-8-5-9-14-19/h6-7,10-11,16,18H,3-5,8-9,12-14H2,1-2H3. The normalized spacial score (nSPS) is 17.5. The van der Waals surface area contributed by atoms with Crippen LogP contribution in [0.1, 0.15) is 57.6 Å². The number of anilines is 1. The van der Waals surface area contributed by atoms with Crippen molar-refractivity contribution in [3.63, 3.8) is 0 Å². The van der Waals surface area contributed by atoms with E-state index in [1.54, 1.807) is 0 Å². The smallest absolute Gasteiger partial charge is 0.0414 e. The fourth-order valence-electron chi connectivity index (χ4n) is 3.00. The monoisotopic (exact) mass is 260 g/mol. The van der Waals surface area contributed by atoms with Crippen molar-refractivity contribution in [2.24, 2.45) is 0 Å². The largest absolute Gasteiger partial charge is 0.371 e. The van der Waals surface area contributed by atoms with Crippen molar-refractivity contribution in [2.45, 2.75) is 52.0 Å². The van der Waals surface area contributed by atoms with E-state index in [0.717, 1.165) is 13.0 Å². The highest BCUT2D eigenvalue weighted by atomic mass is 15.1. The molecule has 1 unspecified atom stereocenters. The Hall–Kier alpha value is -1.02. The molecule has 1 aliphatic heterocycles. The average Bonchev–Trinajstić information content (AvgIpc) is 2.49. The summed E-state index contributed by atoms with van der Waals surface area (Å²) in [7, 11) is 0. The average molecular weight is 260 g/mol. The van der Waals surface area contributed by atoms with Gasteiger partial charge in [0.15, 0.2) is 0 Å². The molecule has 0 spiro atoms. The quantitative estimate of drug-likeness (QED) is 0.827. The lowest BCUT2D eigenvalue weighted by molar-refractivity contribution is 0.513. The Kier molecular flexibility index (Phi) is 5.71. The molecule has 2 heteroatoms. The minimum absolute atomic E-state index is 0.498. The summed E-state index contributed by atoms with van der Waals surface area (Å²) >= 11 is 0. The zero-order valence-electron chi connectivity index (χ0n) is 12.5. The second kappa shape index (κ2) is 7.54. The number of nitrogens with zero attached hydrogens (tertiary/aromatic N) is 1. The van der Waals surface area contributed by atoms with E-state index in [0.29, 0.717) is 6.04 Å². The van der Waals surface area contributed by atoms with E-state index in [4.69, 9.17) is 0 Å². The molecule has 0 radical (unpaired) electrons. The van der Waals surface area contributed by atoms with Crippen molar-refractivity contribution in [2.75, 3.05) is 24.5 Å². The predicted molar refractivity (Wildman–Crippen MR) is 83.8 cm³/mol. The maximum absolute atomic E-state index is 3.69. The molecule has 106 valence electrons. The highest BCUT2D eigenvalue weighted by Gasteiger charge is 2.18. The first-order valence-corrected chi connectivity index (χ1v) is 7.94. The summed E-state index contributed by atoms with van der Waals surface area (Å²) in [5, 5.41) is 3.69. The van der Waals surface area contributed by atoms with Crippen LogP contribution in [0.4, 0.5) is 5.69 Å². The van der Waals surface area contributed by atoms with Gasteiger partial charge < -0.3 is 10.2 Å². The predicted octanol–water partition coefficient (Wildman–Crippen LogP) is 4.13. The Labute approximate surface area is 118 Å². The number of nitrogens with one attached hydrogen (secondary N) is 1. The maximum atomic E-state index is 3.69. The Morgan fingerprint density at radius 3 is 2.53 bits per heavy atom. The molecule has 1 aliphatic rings. The van der Waals surface area contributed by atoms with Gasteiger partial charge in [-0.05, 0) is 50.3 Å². The molecule has 2 rings (SSSR count). The summed E-state index contributed by atoms with van der Waals surface area (Å²) in [4.78, 5) is 2.58. The van der Waals surface area contributed by atoms with Gasteiger partial charge in [-0.15, -0.1) is 0 Å². The molecule has 1 N–H and O–H groups in total. The lowest BCUT2D eigenvalue weighted by Crippen LogP contribution is -2.32. The minimum Gasteiger partial charge on any atom is -0.371 e. The van der Waals surface area contributed by atoms with Crippen LogP contribution < -0.4 is 10.2 Å². The topological polar surface area (TPSA) is 15.3 Å². The molecular formula is C17H28N2. The zero-order valence-corrected chi connectivity index (χ0v) is 12.5. The van der Waals surface area contributed by atoms with Gasteiger partial charge in [0.05, 0.1) is 0 Å². The van der Waals surface area contributed by atoms with Crippen molar-refractivity contribution in [3.8, 4) is 0 Å². The van der Waals surface area contributed by atoms with E-state index in [-0.39, 0.29) is 0 Å². The second-order valence-corrected chi connectivity index (χ2v) is 5.52. The third kappa shape index (κ3) is 3.73. The van der Waals surface area contributed by atoms with Crippen LogP contribution in [0.2, 0.25) is 0 Å². The van der Waals surface area contributed by atoms with E-state index in [2.05, 4.69) is 48.3 Å². The minimum atomic E-state index is 0.498. The summed E-state index contributed by atoms with van der Waals surface area (Å²) in [6, 6.07) is 9.47. The molecule has 1 saturated heterocycles. The second-order valence-electron chi connectivity index (χ2n) is 5.52. The summed E-state index contributed by atoms with van der Waals surface area (Å²) in [6.45, 7) is 8.06. The Morgan fingerprint density at radius 2 is 1.84 bits per heavy atom. The summed E-state index contributed by atoms with van der Waals surface area (Å²) in [5.41, 5.74) is 2.94. The first-order valence-electron chi connectivity index (χ1n) is 7.94. The van der Waals surface area contributed by atoms with Gasteiger partial charge in [0, 0.05) is 24.8 Å². The van der Waals surface area contributed by atoms with Gasteiger partial charge in [-0.3, -0.25) is 0 Å². The molecule has 0 bridgehead atoms. The van der Waals surface area contributed by atoms with Gasteiger partial charge in [-0.25, -0.2) is 0 Å². The van der Waals surface area contributed by atoms with E-state index in [9.17, 15) is 0 Å². The maximum Gasteiger partial charge on any atom is 0.0414 e. The number of piperidine rings is 1. The molecule has 2 nitrogen and oxygen atoms in total. The van der Waals surface area contributed by atoms with Gasteiger partial charge >= 0.3 is 0 Å². The molecule has 1 fully saturated rings. The molecule has 1 atom stereocenters. The van der Waals surface area contributed by atoms with Gasteiger partial charge in [-0.2, -0.15) is 0 Å². The molecule has 0 aliphatic carbocycles. The van der Waals surface area contributed by atoms with E-state index >= 15 is 0 Å². The van der Waals surface area contributed by atoms with Crippen molar-refractivity contribution in [3.05, 3.63) is 29.8 Å². The van der Waals surface area contributed by atoms with Crippen molar-refractivity contribution < 1.29 is 0 Å². The van der Waals surface area contributed by atoms with Gasteiger partial charge in [0.2, 0.25) is 0 Å².